The Morgan fingerprint density at radius 2 is 1.82 bits per heavy atom. The summed E-state index contributed by atoms with van der Waals surface area (Å²) in [6, 6.07) is 16.0. The maximum absolute atomic E-state index is 12.9. The van der Waals surface area contributed by atoms with Crippen molar-refractivity contribution in [2.45, 2.75) is 25.2 Å². The number of anilines is 1. The lowest BCUT2D eigenvalue weighted by molar-refractivity contribution is -0.119. The Morgan fingerprint density at radius 1 is 1.14 bits per heavy atom. The SMILES string of the molecule is COc1ccc(NC(=O)[C@@](C)(C#N)c2ccccc2)cc1C(=O)N1CCCC1. The van der Waals surface area contributed by atoms with Crippen LogP contribution in [0.25, 0.3) is 0 Å². The van der Waals surface area contributed by atoms with Crippen LogP contribution in [0.3, 0.4) is 0 Å². The third-order valence-corrected chi connectivity index (χ3v) is 5.11. The molecule has 2 aromatic rings. The first-order chi connectivity index (χ1) is 13.5. The van der Waals surface area contributed by atoms with Crippen LogP contribution in [0, 0.1) is 11.3 Å². The zero-order valence-electron chi connectivity index (χ0n) is 16.1. The van der Waals surface area contributed by atoms with Gasteiger partial charge >= 0.3 is 0 Å². The number of nitrogens with zero attached hydrogens (tertiary/aromatic N) is 2. The van der Waals surface area contributed by atoms with Gasteiger partial charge in [0.2, 0.25) is 5.91 Å². The molecule has 0 radical (unpaired) electrons. The molecule has 6 heteroatoms. The van der Waals surface area contributed by atoms with Gasteiger partial charge in [-0.2, -0.15) is 5.26 Å². The van der Waals surface area contributed by atoms with Crippen molar-refractivity contribution < 1.29 is 14.3 Å². The van der Waals surface area contributed by atoms with Gasteiger partial charge in [-0.05, 0) is 43.5 Å². The molecular formula is C22H23N3O3. The van der Waals surface area contributed by atoms with E-state index < -0.39 is 11.3 Å². The molecule has 2 amide bonds. The molecule has 0 bridgehead atoms. The van der Waals surface area contributed by atoms with Gasteiger partial charge in [-0.15, -0.1) is 0 Å². The van der Waals surface area contributed by atoms with E-state index in [1.807, 2.05) is 6.07 Å². The molecule has 0 unspecified atom stereocenters. The summed E-state index contributed by atoms with van der Waals surface area (Å²) >= 11 is 0. The lowest BCUT2D eigenvalue weighted by Crippen LogP contribution is -2.36. The number of rotatable bonds is 5. The number of carbonyl (C=O) groups excluding carboxylic acids is 2. The van der Waals surface area contributed by atoms with Crippen molar-refractivity contribution in [2.75, 3.05) is 25.5 Å². The summed E-state index contributed by atoms with van der Waals surface area (Å²) in [5.41, 5.74) is 0.114. The minimum atomic E-state index is -1.35. The number of nitriles is 1. The average molecular weight is 377 g/mol. The normalized spacial score (nSPS) is 15.4. The molecule has 6 nitrogen and oxygen atoms in total. The van der Waals surface area contributed by atoms with E-state index in [2.05, 4.69) is 11.4 Å². The monoisotopic (exact) mass is 377 g/mol. The Morgan fingerprint density at radius 3 is 2.43 bits per heavy atom. The quantitative estimate of drug-likeness (QED) is 0.866. The van der Waals surface area contributed by atoms with Gasteiger partial charge in [-0.1, -0.05) is 30.3 Å². The molecule has 1 heterocycles. The van der Waals surface area contributed by atoms with Gasteiger partial charge in [0.05, 0.1) is 18.7 Å². The molecule has 1 aliphatic heterocycles. The van der Waals surface area contributed by atoms with E-state index in [4.69, 9.17) is 4.74 Å². The highest BCUT2D eigenvalue weighted by atomic mass is 16.5. The standard InChI is InChI=1S/C22H23N3O3/c1-22(15-23,16-8-4-3-5-9-16)21(27)24-17-10-11-19(28-2)18(14-17)20(26)25-12-6-7-13-25/h3-5,8-11,14H,6-7,12-13H2,1-2H3,(H,24,27)/t22-/m0/s1. The predicted molar refractivity (Wildman–Crippen MR) is 106 cm³/mol. The maximum atomic E-state index is 12.9. The number of nitrogens with one attached hydrogen (secondary N) is 1. The van der Waals surface area contributed by atoms with Gasteiger partial charge in [0.25, 0.3) is 5.91 Å². The van der Waals surface area contributed by atoms with E-state index >= 15 is 0 Å². The number of likely N-dealkylation sites (tertiary alicyclic amines) is 1. The third-order valence-electron chi connectivity index (χ3n) is 5.11. The Hall–Kier alpha value is -3.33. The summed E-state index contributed by atoms with van der Waals surface area (Å²) in [6.07, 6.45) is 1.98. The van der Waals surface area contributed by atoms with E-state index in [1.165, 1.54) is 7.11 Å². The zero-order chi connectivity index (χ0) is 20.1. The molecule has 2 aromatic carbocycles. The van der Waals surface area contributed by atoms with Crippen molar-refractivity contribution in [3.05, 3.63) is 59.7 Å². The lowest BCUT2D eigenvalue weighted by atomic mass is 9.83. The van der Waals surface area contributed by atoms with Crippen molar-refractivity contribution >= 4 is 17.5 Å². The maximum Gasteiger partial charge on any atom is 0.257 e. The van der Waals surface area contributed by atoms with E-state index in [0.717, 1.165) is 25.9 Å². The van der Waals surface area contributed by atoms with Gasteiger partial charge < -0.3 is 15.0 Å². The number of ether oxygens (including phenoxy) is 1. The number of methoxy groups -OCH3 is 1. The van der Waals surface area contributed by atoms with Crippen LogP contribution < -0.4 is 10.1 Å². The highest BCUT2D eigenvalue weighted by Crippen LogP contribution is 2.28. The third kappa shape index (κ3) is 3.70. The molecule has 1 N–H and O–H groups in total. The first kappa shape index (κ1) is 19.4. The fourth-order valence-electron chi connectivity index (χ4n) is 3.32. The fourth-order valence-corrected chi connectivity index (χ4v) is 3.32. The van der Waals surface area contributed by atoms with Crippen molar-refractivity contribution in [2.24, 2.45) is 0 Å². The second-order valence-electron chi connectivity index (χ2n) is 6.97. The molecule has 28 heavy (non-hydrogen) atoms. The van der Waals surface area contributed by atoms with Crippen molar-refractivity contribution in [1.29, 1.82) is 5.26 Å². The number of hydrogen-bond donors (Lipinski definition) is 1. The van der Waals surface area contributed by atoms with Gasteiger partial charge in [0.1, 0.15) is 5.75 Å². The molecule has 144 valence electrons. The Kier molecular flexibility index (Phi) is 5.65. The van der Waals surface area contributed by atoms with Crippen molar-refractivity contribution in [3.8, 4) is 11.8 Å². The van der Waals surface area contributed by atoms with Crippen LogP contribution in [0.5, 0.6) is 5.75 Å². The van der Waals surface area contributed by atoms with Crippen LogP contribution in [-0.4, -0.2) is 36.9 Å². The van der Waals surface area contributed by atoms with Crippen LogP contribution >= 0.6 is 0 Å². The largest absolute Gasteiger partial charge is 0.496 e. The van der Waals surface area contributed by atoms with Crippen molar-refractivity contribution in [3.63, 3.8) is 0 Å². The summed E-state index contributed by atoms with van der Waals surface area (Å²) in [7, 11) is 1.51. The Balaban J connectivity index is 1.88. The number of hydrogen-bond acceptors (Lipinski definition) is 4. The zero-order valence-corrected chi connectivity index (χ0v) is 16.1. The predicted octanol–water partition coefficient (Wildman–Crippen LogP) is 3.35. The summed E-state index contributed by atoms with van der Waals surface area (Å²) in [5.74, 6) is -0.108. The molecule has 1 fully saturated rings. The molecule has 1 saturated heterocycles. The van der Waals surface area contributed by atoms with E-state index in [-0.39, 0.29) is 5.91 Å². The number of amides is 2. The van der Waals surface area contributed by atoms with Crippen LogP contribution in [0.15, 0.2) is 48.5 Å². The minimum absolute atomic E-state index is 0.114. The molecule has 1 atom stereocenters. The summed E-state index contributed by atoms with van der Waals surface area (Å²) in [5, 5.41) is 12.4. The van der Waals surface area contributed by atoms with Crippen molar-refractivity contribution in [1.82, 2.24) is 4.90 Å². The van der Waals surface area contributed by atoms with E-state index in [0.29, 0.717) is 22.6 Å². The smallest absolute Gasteiger partial charge is 0.257 e. The van der Waals surface area contributed by atoms with Gasteiger partial charge in [-0.25, -0.2) is 0 Å². The molecule has 0 aliphatic carbocycles. The molecule has 1 aliphatic rings. The fraction of sp³-hybridized carbons (Fsp3) is 0.318. The van der Waals surface area contributed by atoms with Crippen LogP contribution in [0.2, 0.25) is 0 Å². The number of benzene rings is 2. The molecule has 0 saturated carbocycles. The highest BCUT2D eigenvalue weighted by Gasteiger charge is 2.35. The molecule has 3 rings (SSSR count). The average Bonchev–Trinajstić information content (AvgIpc) is 3.28. The highest BCUT2D eigenvalue weighted by molar-refractivity contribution is 6.03. The van der Waals surface area contributed by atoms with Gasteiger partial charge in [0.15, 0.2) is 5.41 Å². The second kappa shape index (κ2) is 8.13. The Bertz CT molecular complexity index is 914. The second-order valence-corrected chi connectivity index (χ2v) is 6.97. The Labute approximate surface area is 164 Å². The van der Waals surface area contributed by atoms with E-state index in [9.17, 15) is 14.9 Å². The summed E-state index contributed by atoms with van der Waals surface area (Å²) in [4.78, 5) is 27.5. The first-order valence-electron chi connectivity index (χ1n) is 9.25. The van der Waals surface area contributed by atoms with Gasteiger partial charge in [0, 0.05) is 18.8 Å². The van der Waals surface area contributed by atoms with Crippen LogP contribution in [-0.2, 0) is 10.2 Å². The molecule has 0 spiro atoms. The van der Waals surface area contributed by atoms with Gasteiger partial charge in [-0.3, -0.25) is 9.59 Å². The van der Waals surface area contributed by atoms with E-state index in [1.54, 1.807) is 54.3 Å². The number of carbonyl (C=O) groups is 2. The molecular weight excluding hydrogens is 354 g/mol. The van der Waals surface area contributed by atoms with Crippen LogP contribution in [0.4, 0.5) is 5.69 Å². The summed E-state index contributed by atoms with van der Waals surface area (Å²) < 4.78 is 5.33. The lowest BCUT2D eigenvalue weighted by Gasteiger charge is -2.22. The minimum Gasteiger partial charge on any atom is -0.496 e. The topological polar surface area (TPSA) is 82.4 Å². The molecule has 0 aromatic heterocycles. The summed E-state index contributed by atoms with van der Waals surface area (Å²) in [6.45, 7) is 3.02. The van der Waals surface area contributed by atoms with Crippen LogP contribution in [0.1, 0.15) is 35.7 Å². The first-order valence-corrected chi connectivity index (χ1v) is 9.25.